The predicted octanol–water partition coefficient (Wildman–Crippen LogP) is 2.96. The molecule has 3 nitrogen and oxygen atoms in total. The number of hydrogen-bond donors (Lipinski definition) is 0. The molecule has 0 spiro atoms. The lowest BCUT2D eigenvalue weighted by Gasteiger charge is -2.19. The van der Waals surface area contributed by atoms with Gasteiger partial charge in [0.05, 0.1) is 6.54 Å². The molecule has 0 unspecified atom stereocenters. The van der Waals surface area contributed by atoms with Crippen LogP contribution in [0.3, 0.4) is 0 Å². The van der Waals surface area contributed by atoms with Crippen LogP contribution in [-0.2, 0) is 16.2 Å². The van der Waals surface area contributed by atoms with Crippen LogP contribution >= 0.6 is 12.4 Å². The fourth-order valence-corrected chi connectivity index (χ4v) is 1.19. The van der Waals surface area contributed by atoms with Crippen LogP contribution in [-0.4, -0.2) is 17.6 Å². The van der Waals surface area contributed by atoms with E-state index in [9.17, 15) is 4.79 Å². The Morgan fingerprint density at radius 2 is 1.94 bits per heavy atom. The van der Waals surface area contributed by atoms with E-state index in [1.807, 2.05) is 37.3 Å². The number of benzene rings is 1. The van der Waals surface area contributed by atoms with Gasteiger partial charge in [0, 0.05) is 12.1 Å². The molecule has 0 atom stereocenters. The summed E-state index contributed by atoms with van der Waals surface area (Å²) >= 11 is 0. The Bertz CT molecular complexity index is 365. The van der Waals surface area contributed by atoms with Gasteiger partial charge in [-0.05, 0) is 19.4 Å². The van der Waals surface area contributed by atoms with Crippen molar-refractivity contribution >= 4 is 18.4 Å². The minimum Gasteiger partial charge on any atom is -0.364 e. The molecule has 0 aromatic heterocycles. The van der Waals surface area contributed by atoms with Gasteiger partial charge in [0.2, 0.25) is 0 Å². The van der Waals surface area contributed by atoms with Crippen molar-refractivity contribution in [3.8, 4) is 0 Å². The van der Waals surface area contributed by atoms with Crippen molar-refractivity contribution in [3.05, 3.63) is 48.0 Å². The summed E-state index contributed by atoms with van der Waals surface area (Å²) in [5, 5.41) is 1.62. The third-order valence-corrected chi connectivity index (χ3v) is 2.11. The van der Waals surface area contributed by atoms with Gasteiger partial charge in [0.1, 0.15) is 0 Å². The van der Waals surface area contributed by atoms with Crippen LogP contribution in [0.15, 0.2) is 42.5 Å². The minimum atomic E-state index is -0.377. The third-order valence-electron chi connectivity index (χ3n) is 2.11. The van der Waals surface area contributed by atoms with Gasteiger partial charge in [-0.25, -0.2) is 4.79 Å². The molecule has 4 heteroatoms. The van der Waals surface area contributed by atoms with E-state index < -0.39 is 0 Å². The molecule has 0 radical (unpaired) electrons. The van der Waals surface area contributed by atoms with Crippen molar-refractivity contribution in [2.75, 3.05) is 6.54 Å². The van der Waals surface area contributed by atoms with Crippen LogP contribution in [0.1, 0.15) is 19.4 Å². The molecule has 0 aliphatic heterocycles. The Labute approximate surface area is 108 Å². The second kappa shape index (κ2) is 7.87. The molecule has 0 heterocycles. The number of carbonyl (C=O) groups is 1. The highest BCUT2D eigenvalue weighted by molar-refractivity contribution is 5.86. The monoisotopic (exact) mass is 255 g/mol. The van der Waals surface area contributed by atoms with Gasteiger partial charge in [-0.1, -0.05) is 36.9 Å². The number of carbonyl (C=O) groups excluding carboxylic acids is 1. The fraction of sp³-hybridized carbons (Fsp3) is 0.308. The van der Waals surface area contributed by atoms with Crippen LogP contribution in [0.2, 0.25) is 0 Å². The largest absolute Gasteiger partial charge is 0.364 e. The third kappa shape index (κ3) is 5.52. The van der Waals surface area contributed by atoms with Crippen LogP contribution in [0.4, 0.5) is 0 Å². The fourth-order valence-electron chi connectivity index (χ4n) is 1.19. The molecule has 94 valence electrons. The van der Waals surface area contributed by atoms with Gasteiger partial charge in [-0.15, -0.1) is 17.5 Å². The quantitative estimate of drug-likeness (QED) is 0.598. The maximum Gasteiger partial charge on any atom is 0.352 e. The molecule has 0 saturated carbocycles. The number of halogens is 1. The van der Waals surface area contributed by atoms with E-state index in [0.29, 0.717) is 18.7 Å². The van der Waals surface area contributed by atoms with Crippen molar-refractivity contribution in [1.82, 2.24) is 5.06 Å². The number of nitrogens with zero attached hydrogens (tertiary/aromatic N) is 1. The lowest BCUT2D eigenvalue weighted by molar-refractivity contribution is -0.187. The lowest BCUT2D eigenvalue weighted by Crippen LogP contribution is -2.27. The van der Waals surface area contributed by atoms with Crippen LogP contribution in [0.25, 0.3) is 0 Å². The average Bonchev–Trinajstić information content (AvgIpc) is 2.29. The van der Waals surface area contributed by atoms with Gasteiger partial charge in [0.15, 0.2) is 0 Å². The van der Waals surface area contributed by atoms with E-state index in [1.54, 1.807) is 12.0 Å². The Hall–Kier alpha value is -1.32. The maximum atomic E-state index is 11.3. The SMILES string of the molecule is C=C(C)C(=O)ON(CC)Cc1ccccc1.Cl. The normalized spacial score (nSPS) is 9.59. The Balaban J connectivity index is 0.00000256. The highest BCUT2D eigenvalue weighted by atomic mass is 35.5. The molecule has 0 N–H and O–H groups in total. The topological polar surface area (TPSA) is 29.5 Å². The van der Waals surface area contributed by atoms with Crippen molar-refractivity contribution < 1.29 is 9.63 Å². The number of hydroxylamine groups is 2. The van der Waals surface area contributed by atoms with E-state index in [4.69, 9.17) is 4.84 Å². The van der Waals surface area contributed by atoms with Crippen molar-refractivity contribution in [2.45, 2.75) is 20.4 Å². The van der Waals surface area contributed by atoms with Crippen LogP contribution in [0.5, 0.6) is 0 Å². The number of hydrogen-bond acceptors (Lipinski definition) is 3. The summed E-state index contributed by atoms with van der Waals surface area (Å²) in [6.07, 6.45) is 0. The summed E-state index contributed by atoms with van der Waals surface area (Å²) in [7, 11) is 0. The molecular formula is C13H18ClNO2. The standard InChI is InChI=1S/C13H17NO2.ClH/c1-4-14(16-13(15)11(2)3)10-12-8-6-5-7-9-12;/h5-9H,2,4,10H2,1,3H3;1H. The van der Waals surface area contributed by atoms with E-state index >= 15 is 0 Å². The second-order valence-electron chi connectivity index (χ2n) is 3.60. The first-order valence-electron chi connectivity index (χ1n) is 5.30. The Kier molecular flexibility index (Phi) is 7.26. The van der Waals surface area contributed by atoms with Crippen LogP contribution < -0.4 is 0 Å². The maximum absolute atomic E-state index is 11.3. The van der Waals surface area contributed by atoms with E-state index in [-0.39, 0.29) is 18.4 Å². The summed E-state index contributed by atoms with van der Waals surface area (Å²) in [4.78, 5) is 16.5. The zero-order valence-corrected chi connectivity index (χ0v) is 11.0. The molecule has 0 aliphatic carbocycles. The van der Waals surface area contributed by atoms with Gasteiger partial charge in [-0.2, -0.15) is 0 Å². The zero-order chi connectivity index (χ0) is 12.0. The molecule has 0 amide bonds. The van der Waals surface area contributed by atoms with Gasteiger partial charge >= 0.3 is 5.97 Å². The molecule has 0 aliphatic rings. The van der Waals surface area contributed by atoms with Gasteiger partial charge in [-0.3, -0.25) is 0 Å². The molecular weight excluding hydrogens is 238 g/mol. The average molecular weight is 256 g/mol. The Morgan fingerprint density at radius 3 is 2.41 bits per heavy atom. The lowest BCUT2D eigenvalue weighted by atomic mass is 10.2. The minimum absolute atomic E-state index is 0. The van der Waals surface area contributed by atoms with E-state index in [2.05, 4.69) is 6.58 Å². The first-order valence-corrected chi connectivity index (χ1v) is 5.30. The van der Waals surface area contributed by atoms with Crippen molar-refractivity contribution in [2.24, 2.45) is 0 Å². The summed E-state index contributed by atoms with van der Waals surface area (Å²) in [5.74, 6) is -0.377. The first-order chi connectivity index (χ1) is 7.63. The highest BCUT2D eigenvalue weighted by Crippen LogP contribution is 2.06. The summed E-state index contributed by atoms with van der Waals surface area (Å²) in [6, 6.07) is 9.88. The Morgan fingerprint density at radius 1 is 1.35 bits per heavy atom. The highest BCUT2D eigenvalue weighted by Gasteiger charge is 2.10. The van der Waals surface area contributed by atoms with Crippen molar-refractivity contribution in [3.63, 3.8) is 0 Å². The van der Waals surface area contributed by atoms with Gasteiger partial charge in [0.25, 0.3) is 0 Å². The van der Waals surface area contributed by atoms with E-state index in [1.165, 1.54) is 0 Å². The molecule has 17 heavy (non-hydrogen) atoms. The summed E-state index contributed by atoms with van der Waals surface area (Å²) in [5.41, 5.74) is 1.52. The molecule has 0 bridgehead atoms. The molecule has 0 fully saturated rings. The molecule has 1 aromatic rings. The van der Waals surface area contributed by atoms with Gasteiger partial charge < -0.3 is 4.84 Å². The smallest absolute Gasteiger partial charge is 0.352 e. The van der Waals surface area contributed by atoms with Crippen LogP contribution in [0, 0.1) is 0 Å². The summed E-state index contributed by atoms with van der Waals surface area (Å²) < 4.78 is 0. The van der Waals surface area contributed by atoms with E-state index in [0.717, 1.165) is 5.56 Å². The first kappa shape index (κ1) is 15.7. The molecule has 0 saturated heterocycles. The summed E-state index contributed by atoms with van der Waals surface area (Å²) in [6.45, 7) is 8.37. The number of rotatable bonds is 5. The molecule has 1 aromatic carbocycles. The molecule has 1 rings (SSSR count). The zero-order valence-electron chi connectivity index (χ0n) is 10.2. The second-order valence-corrected chi connectivity index (χ2v) is 3.60. The van der Waals surface area contributed by atoms with Crippen molar-refractivity contribution in [1.29, 1.82) is 0 Å². The predicted molar refractivity (Wildman–Crippen MR) is 70.7 cm³/mol.